The summed E-state index contributed by atoms with van der Waals surface area (Å²) in [4.78, 5) is 18.3. The number of urea groups is 1. The Kier molecular flexibility index (Phi) is 7.52. The molecule has 0 unspecified atom stereocenters. The van der Waals surface area contributed by atoms with E-state index in [9.17, 15) is 13.6 Å². The van der Waals surface area contributed by atoms with Crippen LogP contribution in [0.15, 0.2) is 24.3 Å². The molecule has 0 radical (unpaired) electrons. The van der Waals surface area contributed by atoms with Crippen molar-refractivity contribution in [3.63, 3.8) is 0 Å². The number of hydrogen-bond acceptors (Lipinski definition) is 4. The average Bonchev–Trinajstić information content (AvgIpc) is 2.73. The zero-order chi connectivity index (χ0) is 20.7. The van der Waals surface area contributed by atoms with Crippen molar-refractivity contribution in [2.75, 3.05) is 64.4 Å². The molecule has 29 heavy (non-hydrogen) atoms. The highest BCUT2D eigenvalue weighted by Crippen LogP contribution is 2.29. The molecule has 0 spiro atoms. The maximum absolute atomic E-state index is 13.2. The fourth-order valence-corrected chi connectivity index (χ4v) is 3.91. The molecule has 2 aliphatic rings. The number of carbonyl (C=O) groups excluding carboxylic acids is 1. The minimum Gasteiger partial charge on any atom is -0.495 e. The lowest BCUT2D eigenvalue weighted by Gasteiger charge is -2.36. The van der Waals surface area contributed by atoms with E-state index in [1.807, 2.05) is 18.2 Å². The first-order valence-corrected chi connectivity index (χ1v) is 10.5. The van der Waals surface area contributed by atoms with Gasteiger partial charge in [-0.15, -0.1) is 0 Å². The number of amides is 2. The molecule has 1 aromatic carbocycles. The van der Waals surface area contributed by atoms with Crippen LogP contribution >= 0.6 is 0 Å². The smallest absolute Gasteiger partial charge is 0.317 e. The van der Waals surface area contributed by atoms with Gasteiger partial charge in [-0.25, -0.2) is 13.6 Å². The molecule has 0 aliphatic carbocycles. The normalized spacial score (nSPS) is 19.8. The van der Waals surface area contributed by atoms with Crippen molar-refractivity contribution in [3.8, 4) is 5.75 Å². The molecule has 8 heteroatoms. The number of rotatable bonds is 7. The number of hydrogen-bond donors (Lipinski definition) is 1. The third-order valence-electron chi connectivity index (χ3n) is 5.76. The van der Waals surface area contributed by atoms with Gasteiger partial charge in [0.25, 0.3) is 5.92 Å². The molecule has 0 saturated carbocycles. The van der Waals surface area contributed by atoms with Crippen molar-refractivity contribution in [2.45, 2.75) is 31.6 Å². The summed E-state index contributed by atoms with van der Waals surface area (Å²) in [6.45, 7) is 5.81. The van der Waals surface area contributed by atoms with Crippen molar-refractivity contribution in [1.82, 2.24) is 15.1 Å². The van der Waals surface area contributed by atoms with Crippen molar-refractivity contribution in [2.24, 2.45) is 0 Å². The molecule has 0 atom stereocenters. The SMILES string of the molecule is COc1ccccc1N1CCN(CCCCNC(=O)N2CCC(F)(F)CC2)CC1. The van der Waals surface area contributed by atoms with E-state index in [4.69, 9.17) is 4.74 Å². The highest BCUT2D eigenvalue weighted by atomic mass is 19.3. The summed E-state index contributed by atoms with van der Waals surface area (Å²) in [5.41, 5.74) is 1.15. The van der Waals surface area contributed by atoms with Crippen LogP contribution in [0.25, 0.3) is 0 Å². The molecule has 2 aliphatic heterocycles. The Morgan fingerprint density at radius 2 is 1.76 bits per heavy atom. The van der Waals surface area contributed by atoms with Crippen LogP contribution < -0.4 is 15.0 Å². The highest BCUT2D eigenvalue weighted by molar-refractivity contribution is 5.74. The van der Waals surface area contributed by atoms with Crippen LogP contribution in [0.3, 0.4) is 0 Å². The Morgan fingerprint density at radius 3 is 2.45 bits per heavy atom. The van der Waals surface area contributed by atoms with Gasteiger partial charge in [0.05, 0.1) is 12.8 Å². The minimum atomic E-state index is -2.62. The quantitative estimate of drug-likeness (QED) is 0.702. The zero-order valence-electron chi connectivity index (χ0n) is 17.2. The summed E-state index contributed by atoms with van der Waals surface area (Å²) in [7, 11) is 1.70. The molecule has 2 amide bonds. The molecule has 3 rings (SSSR count). The molecule has 2 saturated heterocycles. The molecule has 0 bridgehead atoms. The van der Waals surface area contributed by atoms with E-state index < -0.39 is 5.92 Å². The van der Waals surface area contributed by atoms with Crippen LogP contribution in [-0.2, 0) is 0 Å². The lowest BCUT2D eigenvalue weighted by molar-refractivity contribution is -0.0469. The molecule has 1 aromatic rings. The van der Waals surface area contributed by atoms with Gasteiger partial charge in [0.15, 0.2) is 0 Å². The Labute approximate surface area is 171 Å². The zero-order valence-corrected chi connectivity index (χ0v) is 17.2. The van der Waals surface area contributed by atoms with Gasteiger partial charge in [0, 0.05) is 58.7 Å². The van der Waals surface area contributed by atoms with E-state index in [2.05, 4.69) is 21.2 Å². The Hall–Kier alpha value is -2.09. The van der Waals surface area contributed by atoms with Gasteiger partial charge in [0.1, 0.15) is 5.75 Å². The Morgan fingerprint density at radius 1 is 1.07 bits per heavy atom. The second-order valence-corrected chi connectivity index (χ2v) is 7.78. The Bertz CT molecular complexity index is 656. The number of nitrogens with zero attached hydrogens (tertiary/aromatic N) is 3. The number of methoxy groups -OCH3 is 1. The number of para-hydroxylation sites is 2. The number of benzene rings is 1. The van der Waals surface area contributed by atoms with Crippen molar-refractivity contribution in [3.05, 3.63) is 24.3 Å². The van der Waals surface area contributed by atoms with Crippen molar-refractivity contribution in [1.29, 1.82) is 0 Å². The largest absolute Gasteiger partial charge is 0.495 e. The summed E-state index contributed by atoms with van der Waals surface area (Å²) >= 11 is 0. The van der Waals surface area contributed by atoms with Gasteiger partial charge >= 0.3 is 6.03 Å². The maximum Gasteiger partial charge on any atom is 0.317 e. The summed E-state index contributed by atoms with van der Waals surface area (Å²) in [6, 6.07) is 7.89. The predicted octanol–water partition coefficient (Wildman–Crippen LogP) is 3.04. The molecule has 2 fully saturated rings. The monoisotopic (exact) mass is 410 g/mol. The number of piperidine rings is 1. The molecule has 0 aromatic heterocycles. The molecule has 1 N–H and O–H groups in total. The van der Waals surface area contributed by atoms with E-state index in [0.717, 1.165) is 57.0 Å². The van der Waals surface area contributed by atoms with Crippen LogP contribution in [0.5, 0.6) is 5.75 Å². The van der Waals surface area contributed by atoms with Gasteiger partial charge in [-0.05, 0) is 31.5 Å². The van der Waals surface area contributed by atoms with Crippen LogP contribution in [0.1, 0.15) is 25.7 Å². The number of anilines is 1. The van der Waals surface area contributed by atoms with Gasteiger partial charge in [-0.1, -0.05) is 12.1 Å². The first-order chi connectivity index (χ1) is 14.0. The van der Waals surface area contributed by atoms with Gasteiger partial charge in [0.2, 0.25) is 0 Å². The fourth-order valence-electron chi connectivity index (χ4n) is 3.91. The molecule has 162 valence electrons. The summed E-state index contributed by atoms with van der Waals surface area (Å²) in [5.74, 6) is -1.71. The van der Waals surface area contributed by atoms with E-state index in [-0.39, 0.29) is 32.0 Å². The van der Waals surface area contributed by atoms with E-state index in [1.54, 1.807) is 7.11 Å². The van der Waals surface area contributed by atoms with Crippen molar-refractivity contribution < 1.29 is 18.3 Å². The molecule has 2 heterocycles. The molecular formula is C21H32F2N4O2. The van der Waals surface area contributed by atoms with E-state index in [1.165, 1.54) is 4.90 Å². The van der Waals surface area contributed by atoms with Crippen molar-refractivity contribution >= 4 is 11.7 Å². The van der Waals surface area contributed by atoms with Crippen LogP contribution in [0, 0.1) is 0 Å². The first kappa shape index (κ1) is 21.6. The lowest BCUT2D eigenvalue weighted by atomic mass is 10.1. The molecular weight excluding hydrogens is 378 g/mol. The van der Waals surface area contributed by atoms with Crippen LogP contribution in [0.2, 0.25) is 0 Å². The second-order valence-electron chi connectivity index (χ2n) is 7.78. The van der Waals surface area contributed by atoms with E-state index in [0.29, 0.717) is 6.54 Å². The Balaban J connectivity index is 1.28. The highest BCUT2D eigenvalue weighted by Gasteiger charge is 2.35. The number of alkyl halides is 2. The summed E-state index contributed by atoms with van der Waals surface area (Å²) in [6.07, 6.45) is 1.43. The third-order valence-corrected chi connectivity index (χ3v) is 5.76. The number of nitrogens with one attached hydrogen (secondary N) is 1. The standard InChI is InChI=1S/C21H32F2N4O2/c1-29-19-7-3-2-6-18(19)26-16-14-25(15-17-26)11-5-4-10-24-20(28)27-12-8-21(22,23)9-13-27/h2-3,6-7H,4-5,8-17H2,1H3,(H,24,28). The maximum atomic E-state index is 13.2. The number of ether oxygens (including phenoxy) is 1. The lowest BCUT2D eigenvalue weighted by Crippen LogP contribution is -2.47. The second kappa shape index (κ2) is 10.1. The van der Waals surface area contributed by atoms with E-state index >= 15 is 0 Å². The van der Waals surface area contributed by atoms with Gasteiger partial charge in [-0.2, -0.15) is 0 Å². The summed E-state index contributed by atoms with van der Waals surface area (Å²) < 4.78 is 31.8. The topological polar surface area (TPSA) is 48.1 Å². The number of carbonyl (C=O) groups is 1. The number of halogens is 2. The number of likely N-dealkylation sites (tertiary alicyclic amines) is 1. The van der Waals surface area contributed by atoms with Crippen LogP contribution in [-0.4, -0.2) is 81.2 Å². The van der Waals surface area contributed by atoms with Gasteiger partial charge < -0.3 is 19.9 Å². The molecule has 6 nitrogen and oxygen atoms in total. The third kappa shape index (κ3) is 6.19. The predicted molar refractivity (Wildman–Crippen MR) is 110 cm³/mol. The minimum absolute atomic E-state index is 0.134. The summed E-state index contributed by atoms with van der Waals surface area (Å²) in [5, 5.41) is 2.86. The fraction of sp³-hybridized carbons (Fsp3) is 0.667. The average molecular weight is 411 g/mol. The first-order valence-electron chi connectivity index (χ1n) is 10.5. The van der Waals surface area contributed by atoms with Crippen LogP contribution in [0.4, 0.5) is 19.3 Å². The van der Waals surface area contributed by atoms with Gasteiger partial charge in [-0.3, -0.25) is 4.90 Å². The number of unbranched alkanes of at least 4 members (excludes halogenated alkanes) is 1. The number of piperazine rings is 1.